The Balaban J connectivity index is 1.93. The molecule has 0 aliphatic carbocycles. The lowest BCUT2D eigenvalue weighted by Gasteiger charge is -2.38. The minimum atomic E-state index is -0.0915. The predicted octanol–water partition coefficient (Wildman–Crippen LogP) is 3.80. The van der Waals surface area contributed by atoms with Gasteiger partial charge in [0.1, 0.15) is 0 Å². The molecule has 0 saturated carbocycles. The lowest BCUT2D eigenvalue weighted by atomic mass is 9.97. The van der Waals surface area contributed by atoms with Gasteiger partial charge in [-0.2, -0.15) is 0 Å². The maximum Gasteiger partial charge on any atom is 0.241 e. The van der Waals surface area contributed by atoms with E-state index < -0.39 is 0 Å². The third-order valence-corrected chi connectivity index (χ3v) is 5.32. The molecule has 1 amide bonds. The Hall–Kier alpha value is -1.39. The molecular weight excluding hydrogens is 310 g/mol. The monoisotopic (exact) mass is 345 g/mol. The van der Waals surface area contributed by atoms with Crippen molar-refractivity contribution in [2.45, 2.75) is 53.0 Å². The summed E-state index contributed by atoms with van der Waals surface area (Å²) in [6, 6.07) is 8.10. The van der Waals surface area contributed by atoms with E-state index in [2.05, 4.69) is 54.9 Å². The summed E-state index contributed by atoms with van der Waals surface area (Å²) < 4.78 is 0. The fourth-order valence-corrected chi connectivity index (χ4v) is 3.51. The van der Waals surface area contributed by atoms with Crippen LogP contribution in [0.4, 0.5) is 5.69 Å². The van der Waals surface area contributed by atoms with Crippen molar-refractivity contribution in [1.29, 1.82) is 0 Å². The zero-order valence-corrected chi connectivity index (χ0v) is 16.6. The SMILES string of the molecule is CCC(C)c1ccccc1NC(=O)C(C)N1CCN(CC(C)C)CC1. The van der Waals surface area contributed by atoms with E-state index in [0.717, 1.165) is 44.8 Å². The van der Waals surface area contributed by atoms with Crippen molar-refractivity contribution in [2.75, 3.05) is 38.0 Å². The van der Waals surface area contributed by atoms with E-state index in [0.29, 0.717) is 11.8 Å². The second-order valence-corrected chi connectivity index (χ2v) is 7.79. The first-order valence-corrected chi connectivity index (χ1v) is 9.78. The second-order valence-electron chi connectivity index (χ2n) is 7.79. The number of nitrogens with zero attached hydrogens (tertiary/aromatic N) is 2. The molecule has 1 heterocycles. The Morgan fingerprint density at radius 1 is 1.08 bits per heavy atom. The van der Waals surface area contributed by atoms with Crippen molar-refractivity contribution in [3.63, 3.8) is 0 Å². The summed E-state index contributed by atoms with van der Waals surface area (Å²) >= 11 is 0. The molecule has 1 aromatic carbocycles. The molecule has 1 N–H and O–H groups in total. The van der Waals surface area contributed by atoms with Crippen molar-refractivity contribution in [3.05, 3.63) is 29.8 Å². The van der Waals surface area contributed by atoms with E-state index in [-0.39, 0.29) is 11.9 Å². The highest BCUT2D eigenvalue weighted by Gasteiger charge is 2.26. The van der Waals surface area contributed by atoms with Crippen LogP contribution in [0, 0.1) is 5.92 Å². The van der Waals surface area contributed by atoms with Crippen molar-refractivity contribution >= 4 is 11.6 Å². The number of benzene rings is 1. The van der Waals surface area contributed by atoms with Crippen LogP contribution in [0.2, 0.25) is 0 Å². The average molecular weight is 346 g/mol. The van der Waals surface area contributed by atoms with Gasteiger partial charge in [0.05, 0.1) is 6.04 Å². The van der Waals surface area contributed by atoms with E-state index in [1.165, 1.54) is 5.56 Å². The molecule has 1 aromatic rings. The lowest BCUT2D eigenvalue weighted by molar-refractivity contribution is -0.121. The van der Waals surface area contributed by atoms with Crippen LogP contribution in [-0.4, -0.2) is 54.5 Å². The molecule has 1 aliphatic rings. The van der Waals surface area contributed by atoms with Gasteiger partial charge in [-0.1, -0.05) is 45.9 Å². The summed E-state index contributed by atoms with van der Waals surface area (Å²) in [7, 11) is 0. The molecule has 1 aliphatic heterocycles. The van der Waals surface area contributed by atoms with Crippen molar-refractivity contribution in [1.82, 2.24) is 9.80 Å². The van der Waals surface area contributed by atoms with Crippen LogP contribution in [0.25, 0.3) is 0 Å². The third-order valence-electron chi connectivity index (χ3n) is 5.32. The third kappa shape index (κ3) is 5.55. The summed E-state index contributed by atoms with van der Waals surface area (Å²) in [6.07, 6.45) is 1.07. The number of rotatable bonds is 7. The molecule has 0 radical (unpaired) electrons. The Morgan fingerprint density at radius 2 is 1.72 bits per heavy atom. The van der Waals surface area contributed by atoms with E-state index in [1.807, 2.05) is 19.1 Å². The predicted molar refractivity (Wildman–Crippen MR) is 106 cm³/mol. The highest BCUT2D eigenvalue weighted by Crippen LogP contribution is 2.26. The molecule has 2 rings (SSSR count). The normalized spacial score (nSPS) is 19.0. The molecule has 4 heteroatoms. The van der Waals surface area contributed by atoms with Gasteiger partial charge < -0.3 is 10.2 Å². The van der Waals surface area contributed by atoms with Gasteiger partial charge in [-0.15, -0.1) is 0 Å². The number of para-hydroxylation sites is 1. The number of amides is 1. The van der Waals surface area contributed by atoms with Gasteiger partial charge in [0.2, 0.25) is 5.91 Å². The molecule has 0 spiro atoms. The number of nitrogens with one attached hydrogen (secondary N) is 1. The number of piperazine rings is 1. The number of anilines is 1. The molecule has 0 bridgehead atoms. The van der Waals surface area contributed by atoms with Crippen LogP contribution in [0.1, 0.15) is 52.5 Å². The van der Waals surface area contributed by atoms with Gasteiger partial charge in [-0.3, -0.25) is 9.69 Å². The van der Waals surface area contributed by atoms with Gasteiger partial charge in [0.25, 0.3) is 0 Å². The quantitative estimate of drug-likeness (QED) is 0.816. The van der Waals surface area contributed by atoms with Crippen LogP contribution in [0.5, 0.6) is 0 Å². The highest BCUT2D eigenvalue weighted by molar-refractivity contribution is 5.95. The highest BCUT2D eigenvalue weighted by atomic mass is 16.2. The first-order chi connectivity index (χ1) is 11.9. The largest absolute Gasteiger partial charge is 0.324 e. The fourth-order valence-electron chi connectivity index (χ4n) is 3.51. The first kappa shape index (κ1) is 19.9. The number of carbonyl (C=O) groups excluding carboxylic acids is 1. The van der Waals surface area contributed by atoms with Gasteiger partial charge in [0, 0.05) is 38.4 Å². The van der Waals surface area contributed by atoms with Crippen LogP contribution in [0.3, 0.4) is 0 Å². The summed E-state index contributed by atoms with van der Waals surface area (Å²) in [5, 5.41) is 3.17. The smallest absolute Gasteiger partial charge is 0.241 e. The Bertz CT molecular complexity index is 550. The van der Waals surface area contributed by atoms with Gasteiger partial charge in [0.15, 0.2) is 0 Å². The van der Waals surface area contributed by atoms with Gasteiger partial charge in [-0.05, 0) is 36.8 Å². The van der Waals surface area contributed by atoms with Crippen molar-refractivity contribution in [3.8, 4) is 0 Å². The van der Waals surface area contributed by atoms with Gasteiger partial charge in [-0.25, -0.2) is 0 Å². The maximum atomic E-state index is 12.8. The number of hydrogen-bond acceptors (Lipinski definition) is 3. The standard InChI is InChI=1S/C21H35N3O/c1-6-17(4)19-9-7-8-10-20(19)22-21(25)18(5)24-13-11-23(12-14-24)15-16(2)3/h7-10,16-18H,6,11-15H2,1-5H3,(H,22,25). The lowest BCUT2D eigenvalue weighted by Crippen LogP contribution is -2.53. The van der Waals surface area contributed by atoms with E-state index in [9.17, 15) is 4.79 Å². The van der Waals surface area contributed by atoms with Crippen LogP contribution in [-0.2, 0) is 4.79 Å². The molecule has 4 nitrogen and oxygen atoms in total. The molecule has 25 heavy (non-hydrogen) atoms. The second kappa shape index (κ2) is 9.35. The molecule has 2 atom stereocenters. The Kier molecular flexibility index (Phi) is 7.45. The van der Waals surface area contributed by atoms with Crippen LogP contribution in [0.15, 0.2) is 24.3 Å². The topological polar surface area (TPSA) is 35.6 Å². The summed E-state index contributed by atoms with van der Waals surface area (Å²) in [5.41, 5.74) is 2.19. The van der Waals surface area contributed by atoms with Crippen LogP contribution < -0.4 is 5.32 Å². The van der Waals surface area contributed by atoms with Crippen molar-refractivity contribution in [2.24, 2.45) is 5.92 Å². The van der Waals surface area contributed by atoms with E-state index in [4.69, 9.17) is 0 Å². The zero-order valence-electron chi connectivity index (χ0n) is 16.6. The molecule has 1 saturated heterocycles. The minimum absolute atomic E-state index is 0.0915. The van der Waals surface area contributed by atoms with Gasteiger partial charge >= 0.3 is 0 Å². The number of carbonyl (C=O) groups is 1. The first-order valence-electron chi connectivity index (χ1n) is 9.78. The van der Waals surface area contributed by atoms with E-state index >= 15 is 0 Å². The Morgan fingerprint density at radius 3 is 2.32 bits per heavy atom. The minimum Gasteiger partial charge on any atom is -0.324 e. The van der Waals surface area contributed by atoms with Crippen molar-refractivity contribution < 1.29 is 4.79 Å². The molecule has 140 valence electrons. The average Bonchev–Trinajstić information content (AvgIpc) is 2.61. The van der Waals surface area contributed by atoms with E-state index in [1.54, 1.807) is 0 Å². The summed E-state index contributed by atoms with van der Waals surface area (Å²) in [5.74, 6) is 1.25. The molecule has 1 fully saturated rings. The zero-order chi connectivity index (χ0) is 18.4. The molecular formula is C21H35N3O. The molecule has 2 unspecified atom stereocenters. The summed E-state index contributed by atoms with van der Waals surface area (Å²) in [4.78, 5) is 17.6. The summed E-state index contributed by atoms with van der Waals surface area (Å²) in [6.45, 7) is 16.1. The molecule has 0 aromatic heterocycles. The fraction of sp³-hybridized carbons (Fsp3) is 0.667. The number of hydrogen-bond donors (Lipinski definition) is 1. The maximum absolute atomic E-state index is 12.8. The van der Waals surface area contributed by atoms with Crippen LogP contribution >= 0.6 is 0 Å². The Labute approximate surface area is 153 Å².